The van der Waals surface area contributed by atoms with E-state index in [2.05, 4.69) is 4.72 Å². The first-order chi connectivity index (χ1) is 17.2. The summed E-state index contributed by atoms with van der Waals surface area (Å²) in [6.07, 6.45) is -1.26. The number of sulfonamides is 1. The van der Waals surface area contributed by atoms with Gasteiger partial charge in [0.15, 0.2) is 6.10 Å². The van der Waals surface area contributed by atoms with E-state index in [0.29, 0.717) is 16.1 Å². The van der Waals surface area contributed by atoms with E-state index < -0.39 is 27.9 Å². The van der Waals surface area contributed by atoms with Crippen LogP contribution in [0.3, 0.4) is 0 Å². The Morgan fingerprint density at radius 1 is 0.778 bits per heavy atom. The van der Waals surface area contributed by atoms with Gasteiger partial charge in [-0.1, -0.05) is 83.9 Å². The highest BCUT2D eigenvalue weighted by Gasteiger charge is 2.28. The van der Waals surface area contributed by atoms with Crippen molar-refractivity contribution in [1.29, 1.82) is 0 Å². The van der Waals surface area contributed by atoms with Gasteiger partial charge >= 0.3 is 5.97 Å². The van der Waals surface area contributed by atoms with Crippen LogP contribution in [0.4, 0.5) is 5.69 Å². The Kier molecular flexibility index (Phi) is 7.74. The highest BCUT2D eigenvalue weighted by atomic mass is 35.5. The molecule has 4 aromatic rings. The van der Waals surface area contributed by atoms with Crippen LogP contribution >= 0.6 is 23.2 Å². The molecule has 0 aliphatic carbocycles. The van der Waals surface area contributed by atoms with E-state index in [0.717, 1.165) is 6.07 Å². The summed E-state index contributed by atoms with van der Waals surface area (Å²) >= 11 is 12.1. The molecule has 0 saturated heterocycles. The van der Waals surface area contributed by atoms with Gasteiger partial charge in [0.05, 0.1) is 15.5 Å². The normalized spacial score (nSPS) is 11.9. The van der Waals surface area contributed by atoms with Crippen LogP contribution in [0.5, 0.6) is 0 Å². The molecule has 1 N–H and O–H groups in total. The van der Waals surface area contributed by atoms with E-state index in [1.807, 2.05) is 0 Å². The lowest BCUT2D eigenvalue weighted by atomic mass is 10.00. The molecule has 4 aromatic carbocycles. The standard InChI is InChI=1S/C27H19Cl2NO5S/c28-20-11-13-21(14-12-20)30-36(33,34)22-15-16-24(29)23(17-22)27(32)35-26(19-9-5-2-6-10-19)25(31)18-7-3-1-4-8-18/h1-17,26,30H. The molecule has 0 aliphatic heterocycles. The highest BCUT2D eigenvalue weighted by molar-refractivity contribution is 7.92. The molecule has 0 aromatic heterocycles. The lowest BCUT2D eigenvalue weighted by molar-refractivity contribution is 0.0280. The number of carbonyl (C=O) groups is 2. The average molecular weight is 540 g/mol. The molecule has 0 fully saturated rings. The number of Topliss-reactive ketones (excluding diaryl/α,β-unsaturated/α-hetero) is 1. The van der Waals surface area contributed by atoms with E-state index in [1.54, 1.807) is 60.7 Å². The summed E-state index contributed by atoms with van der Waals surface area (Å²) in [4.78, 5) is 26.2. The molecule has 4 rings (SSSR count). The summed E-state index contributed by atoms with van der Waals surface area (Å²) in [5, 5.41) is 0.428. The van der Waals surface area contributed by atoms with Crippen molar-refractivity contribution in [3.63, 3.8) is 0 Å². The van der Waals surface area contributed by atoms with Crippen molar-refractivity contribution in [2.24, 2.45) is 0 Å². The second-order valence-corrected chi connectivity index (χ2v) is 10.2. The van der Waals surface area contributed by atoms with Crippen LogP contribution in [-0.4, -0.2) is 20.2 Å². The summed E-state index contributed by atoms with van der Waals surface area (Å²) in [7, 11) is -4.07. The van der Waals surface area contributed by atoms with Crippen molar-refractivity contribution in [1.82, 2.24) is 0 Å². The topological polar surface area (TPSA) is 89.5 Å². The van der Waals surface area contributed by atoms with E-state index in [-0.39, 0.29) is 21.2 Å². The minimum absolute atomic E-state index is 0.0237. The summed E-state index contributed by atoms with van der Waals surface area (Å²) < 4.78 is 33.9. The van der Waals surface area contributed by atoms with E-state index >= 15 is 0 Å². The third-order valence-electron chi connectivity index (χ3n) is 5.19. The quantitative estimate of drug-likeness (QED) is 0.202. The minimum atomic E-state index is -4.07. The zero-order valence-corrected chi connectivity index (χ0v) is 20.9. The summed E-state index contributed by atoms with van der Waals surface area (Å²) in [5.41, 5.74) is 0.909. The fourth-order valence-electron chi connectivity index (χ4n) is 3.39. The number of ether oxygens (including phenoxy) is 1. The van der Waals surface area contributed by atoms with E-state index in [9.17, 15) is 18.0 Å². The minimum Gasteiger partial charge on any atom is -0.445 e. The predicted octanol–water partition coefficient (Wildman–Crippen LogP) is 6.58. The van der Waals surface area contributed by atoms with Gasteiger partial charge in [0.2, 0.25) is 5.78 Å². The molecule has 0 saturated carbocycles. The van der Waals surface area contributed by atoms with Gasteiger partial charge in [-0.25, -0.2) is 13.2 Å². The third kappa shape index (κ3) is 5.94. The van der Waals surface area contributed by atoms with Crippen molar-refractivity contribution in [3.8, 4) is 0 Å². The van der Waals surface area contributed by atoms with Crippen LogP contribution in [0.1, 0.15) is 32.4 Å². The maximum absolute atomic E-state index is 13.2. The van der Waals surface area contributed by atoms with E-state index in [1.165, 1.54) is 36.4 Å². The molecule has 0 bridgehead atoms. The number of halogens is 2. The first-order valence-corrected chi connectivity index (χ1v) is 12.9. The maximum Gasteiger partial charge on any atom is 0.340 e. The second kappa shape index (κ2) is 11.0. The van der Waals surface area contributed by atoms with Gasteiger partial charge in [-0.05, 0) is 42.5 Å². The van der Waals surface area contributed by atoms with Crippen LogP contribution in [0.15, 0.2) is 108 Å². The molecule has 0 aliphatic rings. The largest absolute Gasteiger partial charge is 0.445 e. The fourth-order valence-corrected chi connectivity index (χ4v) is 4.79. The third-order valence-corrected chi connectivity index (χ3v) is 7.15. The summed E-state index contributed by atoms with van der Waals surface area (Å²) in [6, 6.07) is 26.7. The van der Waals surface area contributed by atoms with Crippen LogP contribution < -0.4 is 4.72 Å². The van der Waals surface area contributed by atoms with Crippen molar-refractivity contribution < 1.29 is 22.7 Å². The number of nitrogens with one attached hydrogen (secondary N) is 1. The maximum atomic E-state index is 13.2. The molecule has 6 nitrogen and oxygen atoms in total. The Labute approximate surface area is 218 Å². The van der Waals surface area contributed by atoms with Crippen LogP contribution in [-0.2, 0) is 14.8 Å². The van der Waals surface area contributed by atoms with Crippen molar-refractivity contribution in [2.45, 2.75) is 11.0 Å². The van der Waals surface area contributed by atoms with Crippen molar-refractivity contribution in [2.75, 3.05) is 4.72 Å². The first kappa shape index (κ1) is 25.4. The lowest BCUT2D eigenvalue weighted by Gasteiger charge is -2.18. The number of rotatable bonds is 8. The molecular weight excluding hydrogens is 521 g/mol. The van der Waals surface area contributed by atoms with Gasteiger partial charge in [-0.15, -0.1) is 0 Å². The molecule has 1 unspecified atom stereocenters. The first-order valence-electron chi connectivity index (χ1n) is 10.7. The molecule has 1 atom stereocenters. The number of carbonyl (C=O) groups excluding carboxylic acids is 2. The number of benzene rings is 4. The lowest BCUT2D eigenvalue weighted by Crippen LogP contribution is -2.21. The monoisotopic (exact) mass is 539 g/mol. The van der Waals surface area contributed by atoms with Gasteiger partial charge in [0.1, 0.15) is 0 Å². The number of hydrogen-bond acceptors (Lipinski definition) is 5. The Balaban J connectivity index is 1.64. The SMILES string of the molecule is O=C(OC(C(=O)c1ccccc1)c1ccccc1)c1cc(S(=O)(=O)Nc2ccc(Cl)cc2)ccc1Cl. The fraction of sp³-hybridized carbons (Fsp3) is 0.0370. The second-order valence-electron chi connectivity index (χ2n) is 7.68. The molecule has 0 amide bonds. The molecule has 0 heterocycles. The van der Waals surface area contributed by atoms with Gasteiger partial charge in [0.25, 0.3) is 10.0 Å². The zero-order chi connectivity index (χ0) is 25.7. The summed E-state index contributed by atoms with van der Waals surface area (Å²) in [5.74, 6) is -1.37. The molecule has 9 heteroatoms. The molecular formula is C27H19Cl2NO5S. The Morgan fingerprint density at radius 2 is 1.39 bits per heavy atom. The number of hydrogen-bond donors (Lipinski definition) is 1. The summed E-state index contributed by atoms with van der Waals surface area (Å²) in [6.45, 7) is 0. The van der Waals surface area contributed by atoms with Gasteiger partial charge in [-0.3, -0.25) is 9.52 Å². The zero-order valence-electron chi connectivity index (χ0n) is 18.6. The van der Waals surface area contributed by atoms with Gasteiger partial charge in [-0.2, -0.15) is 0 Å². The number of esters is 1. The molecule has 36 heavy (non-hydrogen) atoms. The molecule has 182 valence electrons. The van der Waals surface area contributed by atoms with Crippen molar-refractivity contribution in [3.05, 3.63) is 130 Å². The molecule has 0 radical (unpaired) electrons. The predicted molar refractivity (Wildman–Crippen MR) is 139 cm³/mol. The van der Waals surface area contributed by atoms with Gasteiger partial charge < -0.3 is 4.74 Å². The van der Waals surface area contributed by atoms with Gasteiger partial charge in [0, 0.05) is 21.8 Å². The number of ketones is 1. The Bertz CT molecular complexity index is 1490. The number of anilines is 1. The average Bonchev–Trinajstić information content (AvgIpc) is 2.89. The highest BCUT2D eigenvalue weighted by Crippen LogP contribution is 2.28. The van der Waals surface area contributed by atoms with Crippen molar-refractivity contribution >= 4 is 50.7 Å². The van der Waals surface area contributed by atoms with Crippen LogP contribution in [0, 0.1) is 0 Å². The molecule has 0 spiro atoms. The smallest absolute Gasteiger partial charge is 0.340 e. The Hall–Kier alpha value is -3.65. The van der Waals surface area contributed by atoms with E-state index in [4.69, 9.17) is 27.9 Å². The Morgan fingerprint density at radius 3 is 2.03 bits per heavy atom. The van der Waals surface area contributed by atoms with Crippen LogP contribution in [0.25, 0.3) is 0 Å². The van der Waals surface area contributed by atoms with Crippen LogP contribution in [0.2, 0.25) is 10.0 Å².